The molecule has 0 aromatic heterocycles. The van der Waals surface area contributed by atoms with Gasteiger partial charge in [-0.15, -0.1) is 0 Å². The van der Waals surface area contributed by atoms with E-state index in [1.54, 1.807) is 0 Å². The van der Waals surface area contributed by atoms with Crippen LogP contribution in [0, 0.1) is 70.5 Å². The Morgan fingerprint density at radius 3 is 1.41 bits per heavy atom. The highest BCUT2D eigenvalue weighted by molar-refractivity contribution is 5.09. The summed E-state index contributed by atoms with van der Waals surface area (Å²) < 4.78 is 0. The lowest BCUT2D eigenvalue weighted by atomic mass is 9.41. The molecule has 11 atom stereocenters. The molecule has 4 aliphatic rings. The third kappa shape index (κ3) is 5.32. The minimum Gasteiger partial charge on any atom is -0.328 e. The molecule has 0 heterocycles. The van der Waals surface area contributed by atoms with Gasteiger partial charge in [0.15, 0.2) is 0 Å². The zero-order chi connectivity index (χ0) is 27.2. The lowest BCUT2D eigenvalue weighted by molar-refractivity contribution is -0.154. The Hall–Kier alpha value is -0.160. The van der Waals surface area contributed by atoms with Gasteiger partial charge in [-0.3, -0.25) is 0 Å². The minimum absolute atomic E-state index is 0.324. The molecular weight excluding hydrogens is 452 g/mol. The summed E-state index contributed by atoms with van der Waals surface area (Å²) in [6, 6.07) is 1.45. The summed E-state index contributed by atoms with van der Waals surface area (Å²) >= 11 is 0. The average molecular weight is 517 g/mol. The molecule has 11 unspecified atom stereocenters. The van der Waals surface area contributed by atoms with Gasteiger partial charge in [0.1, 0.15) is 0 Å². The fourth-order valence-corrected chi connectivity index (χ4v) is 11.0. The fourth-order valence-electron chi connectivity index (χ4n) is 11.0. The van der Waals surface area contributed by atoms with Crippen LogP contribution in [0.25, 0.3) is 0 Å². The Labute approximate surface area is 230 Å². The molecule has 4 aliphatic carbocycles. The fraction of sp³-hybridized carbons (Fsp3) is 1.00. The van der Waals surface area contributed by atoms with Crippen LogP contribution >= 0.6 is 0 Å². The van der Waals surface area contributed by atoms with Crippen molar-refractivity contribution in [1.29, 1.82) is 0 Å². The Balaban J connectivity index is 1.84. The van der Waals surface area contributed by atoms with Gasteiger partial charge >= 0.3 is 0 Å². The van der Waals surface area contributed by atoms with Crippen molar-refractivity contribution in [1.82, 2.24) is 0 Å². The minimum atomic E-state index is 0.324. The summed E-state index contributed by atoms with van der Waals surface area (Å²) in [6.45, 7) is 17.6. The molecule has 0 amide bonds. The smallest absolute Gasteiger partial charge is 0.00931 e. The summed E-state index contributed by atoms with van der Waals surface area (Å²) in [7, 11) is 0. The van der Waals surface area contributed by atoms with E-state index in [2.05, 4.69) is 48.5 Å². The first kappa shape index (κ1) is 29.8. The summed E-state index contributed by atoms with van der Waals surface area (Å²) in [4.78, 5) is 0. The van der Waals surface area contributed by atoms with E-state index in [1.807, 2.05) is 0 Å². The van der Waals surface area contributed by atoms with Gasteiger partial charge in [0, 0.05) is 24.2 Å². The van der Waals surface area contributed by atoms with Crippen molar-refractivity contribution in [2.45, 2.75) is 137 Å². The highest BCUT2D eigenvalue weighted by Crippen LogP contribution is 2.65. The summed E-state index contributed by atoms with van der Waals surface area (Å²) in [6.07, 6.45) is 12.7. The molecule has 4 nitrogen and oxygen atoms in total. The quantitative estimate of drug-likeness (QED) is 0.351. The zero-order valence-corrected chi connectivity index (χ0v) is 25.5. The standard InChI is InChI=1S/C33H64N4/c1-18-16-29(20(3)22(5)31(18)36)24(7)33(25-8-12-27(34)13-9-25,26-10-14-28(35)15-11-26)30-17-19(2)32(37)23(6)21(30)4/h18-32H,8-17,34-37H2,1-7H3. The van der Waals surface area contributed by atoms with Crippen molar-refractivity contribution >= 4 is 0 Å². The highest BCUT2D eigenvalue weighted by atomic mass is 14.8. The maximum Gasteiger partial charge on any atom is 0.00931 e. The van der Waals surface area contributed by atoms with Gasteiger partial charge in [0.25, 0.3) is 0 Å². The van der Waals surface area contributed by atoms with E-state index in [0.717, 1.165) is 23.7 Å². The molecule has 0 radical (unpaired) electrons. The SMILES string of the molecule is CC1CC(C(C)C(C2CCC(N)CC2)(C2CCC(N)CC2)C2CC(C)C(N)C(C)C2C)C(C)C(C)C1N. The van der Waals surface area contributed by atoms with E-state index in [1.165, 1.54) is 64.2 Å². The van der Waals surface area contributed by atoms with Gasteiger partial charge in [-0.1, -0.05) is 48.5 Å². The van der Waals surface area contributed by atoms with Gasteiger partial charge in [0.2, 0.25) is 0 Å². The predicted octanol–water partition coefficient (Wildman–Crippen LogP) is 6.15. The van der Waals surface area contributed by atoms with E-state index >= 15 is 0 Å². The molecule has 37 heavy (non-hydrogen) atoms. The van der Waals surface area contributed by atoms with Gasteiger partial charge in [-0.2, -0.15) is 0 Å². The van der Waals surface area contributed by atoms with Crippen molar-refractivity contribution in [3.8, 4) is 0 Å². The van der Waals surface area contributed by atoms with Crippen LogP contribution < -0.4 is 22.9 Å². The molecular formula is C33H64N4. The lowest BCUT2D eigenvalue weighted by Crippen LogP contribution is -2.61. The molecule has 0 saturated heterocycles. The van der Waals surface area contributed by atoms with E-state index in [-0.39, 0.29) is 0 Å². The Morgan fingerprint density at radius 1 is 0.541 bits per heavy atom. The van der Waals surface area contributed by atoms with Crippen molar-refractivity contribution in [2.75, 3.05) is 0 Å². The summed E-state index contributed by atoms with van der Waals surface area (Å²) in [5.74, 6) is 7.41. The Morgan fingerprint density at radius 2 is 0.946 bits per heavy atom. The van der Waals surface area contributed by atoms with E-state index in [4.69, 9.17) is 22.9 Å². The monoisotopic (exact) mass is 517 g/mol. The lowest BCUT2D eigenvalue weighted by Gasteiger charge is -2.64. The molecule has 0 aromatic rings. The van der Waals surface area contributed by atoms with Crippen LogP contribution in [-0.2, 0) is 0 Å². The van der Waals surface area contributed by atoms with Crippen LogP contribution in [0.1, 0.15) is 113 Å². The molecule has 216 valence electrons. The third-order valence-corrected chi connectivity index (χ3v) is 13.8. The first-order chi connectivity index (χ1) is 17.4. The number of hydrogen-bond donors (Lipinski definition) is 4. The second kappa shape index (κ2) is 11.8. The normalized spacial score (nSPS) is 52.3. The van der Waals surface area contributed by atoms with Crippen LogP contribution in [0.4, 0.5) is 0 Å². The third-order valence-electron chi connectivity index (χ3n) is 13.8. The predicted molar refractivity (Wildman–Crippen MR) is 159 cm³/mol. The first-order valence-electron chi connectivity index (χ1n) is 16.4. The number of hydrogen-bond acceptors (Lipinski definition) is 4. The average Bonchev–Trinajstić information content (AvgIpc) is 2.88. The molecule has 0 spiro atoms. The maximum atomic E-state index is 6.86. The molecule has 4 saturated carbocycles. The topological polar surface area (TPSA) is 104 Å². The van der Waals surface area contributed by atoms with Gasteiger partial charge in [0.05, 0.1) is 0 Å². The first-order valence-corrected chi connectivity index (χ1v) is 16.4. The van der Waals surface area contributed by atoms with Crippen LogP contribution in [-0.4, -0.2) is 24.2 Å². The molecule has 0 aliphatic heterocycles. The number of nitrogens with two attached hydrogens (primary N) is 4. The van der Waals surface area contributed by atoms with Gasteiger partial charge in [-0.25, -0.2) is 0 Å². The van der Waals surface area contributed by atoms with E-state index in [9.17, 15) is 0 Å². The molecule has 0 bridgehead atoms. The van der Waals surface area contributed by atoms with Crippen LogP contribution in [0.5, 0.6) is 0 Å². The van der Waals surface area contributed by atoms with Crippen LogP contribution in [0.2, 0.25) is 0 Å². The molecule has 0 aromatic carbocycles. The van der Waals surface area contributed by atoms with Crippen molar-refractivity contribution in [2.24, 2.45) is 93.4 Å². The largest absolute Gasteiger partial charge is 0.328 e. The van der Waals surface area contributed by atoms with Gasteiger partial charge < -0.3 is 22.9 Å². The molecule has 8 N–H and O–H groups in total. The number of rotatable bonds is 5. The second-order valence-corrected chi connectivity index (χ2v) is 15.3. The Kier molecular flexibility index (Phi) is 9.47. The zero-order valence-electron chi connectivity index (χ0n) is 25.5. The molecule has 4 heteroatoms. The van der Waals surface area contributed by atoms with E-state index in [0.29, 0.717) is 71.0 Å². The highest BCUT2D eigenvalue weighted by Gasteiger charge is 2.60. The van der Waals surface area contributed by atoms with Crippen LogP contribution in [0.3, 0.4) is 0 Å². The van der Waals surface area contributed by atoms with Gasteiger partial charge in [-0.05, 0) is 135 Å². The van der Waals surface area contributed by atoms with Crippen LogP contribution in [0.15, 0.2) is 0 Å². The Bertz CT molecular complexity index is 702. The maximum absolute atomic E-state index is 6.86. The van der Waals surface area contributed by atoms with Crippen molar-refractivity contribution in [3.05, 3.63) is 0 Å². The summed E-state index contributed by atoms with van der Waals surface area (Å²) in [5, 5.41) is 0. The second-order valence-electron chi connectivity index (χ2n) is 15.3. The van der Waals surface area contributed by atoms with E-state index < -0.39 is 0 Å². The van der Waals surface area contributed by atoms with Crippen molar-refractivity contribution in [3.63, 3.8) is 0 Å². The molecule has 4 rings (SSSR count). The molecule has 4 fully saturated rings. The summed E-state index contributed by atoms with van der Waals surface area (Å²) in [5.41, 5.74) is 27.1. The van der Waals surface area contributed by atoms with Crippen molar-refractivity contribution < 1.29 is 0 Å².